The molecule has 186 valence electrons. The number of allylic oxidation sites excluding steroid dienone is 1. The maximum Gasteiger partial charge on any atom is -0.000473 e. The predicted octanol–water partition coefficient (Wildman–Crippen LogP) is 11.1. The fourth-order valence-electron chi connectivity index (χ4n) is 8.04. The van der Waals surface area contributed by atoms with Crippen molar-refractivity contribution in [3.63, 3.8) is 0 Å². The zero-order valence-corrected chi connectivity index (χ0v) is 24.0. The first-order chi connectivity index (χ1) is 15.4. The van der Waals surface area contributed by atoms with Crippen molar-refractivity contribution >= 4 is 22.6 Å². The second kappa shape index (κ2) is 13.5. The summed E-state index contributed by atoms with van der Waals surface area (Å²) < 4.78 is 1.34. The maximum absolute atomic E-state index is 4.59. The molecule has 0 amide bonds. The molecule has 32 heavy (non-hydrogen) atoms. The number of halogens is 1. The Hall–Kier alpha value is 0.470. The molecule has 0 aromatic rings. The summed E-state index contributed by atoms with van der Waals surface area (Å²) in [6.07, 6.45) is 31.0. The van der Waals surface area contributed by atoms with Gasteiger partial charge in [0.2, 0.25) is 0 Å². The standard InChI is InChI=1S/C31H55I/c1-26(16-15-18-31-23-27-20-28(24-31)22-29(21-27)25-31)30(2,3)17-13-11-9-7-5-4-6-8-10-12-14-19-32/h27-29H,1,4-25H2,2-3H3. The molecule has 0 nitrogen and oxygen atoms in total. The molecule has 0 aromatic carbocycles. The monoisotopic (exact) mass is 554 g/mol. The molecular formula is C31H55I. The summed E-state index contributed by atoms with van der Waals surface area (Å²) in [5.41, 5.74) is 2.65. The first kappa shape index (κ1) is 27.1. The average Bonchev–Trinajstić information content (AvgIpc) is 2.73. The average molecular weight is 555 g/mol. The topological polar surface area (TPSA) is 0 Å². The minimum Gasteiger partial charge on any atom is -0.0993 e. The van der Waals surface area contributed by atoms with Crippen molar-refractivity contribution in [3.8, 4) is 0 Å². The minimum atomic E-state index is 0.347. The zero-order chi connectivity index (χ0) is 22.9. The number of alkyl halides is 1. The Morgan fingerprint density at radius 2 is 1.16 bits per heavy atom. The molecule has 0 aliphatic heterocycles. The zero-order valence-electron chi connectivity index (χ0n) is 21.9. The smallest absolute Gasteiger partial charge is 0.000473 e. The SMILES string of the molecule is C=C(CCCC12CC3CC(CC(C3)C1)C2)C(C)(C)CCCCCCCCCCCCCI. The highest BCUT2D eigenvalue weighted by Gasteiger charge is 2.50. The fraction of sp³-hybridized carbons (Fsp3) is 0.935. The highest BCUT2D eigenvalue weighted by atomic mass is 127. The van der Waals surface area contributed by atoms with Crippen LogP contribution in [0.25, 0.3) is 0 Å². The van der Waals surface area contributed by atoms with Gasteiger partial charge in [0, 0.05) is 0 Å². The number of rotatable bonds is 18. The molecule has 0 saturated heterocycles. The molecule has 1 heteroatoms. The van der Waals surface area contributed by atoms with Gasteiger partial charge in [-0.2, -0.15) is 0 Å². The maximum atomic E-state index is 4.59. The van der Waals surface area contributed by atoms with Gasteiger partial charge in [0.05, 0.1) is 0 Å². The van der Waals surface area contributed by atoms with Crippen LogP contribution in [0.4, 0.5) is 0 Å². The first-order valence-electron chi connectivity index (χ1n) is 14.7. The molecule has 0 unspecified atom stereocenters. The number of unbranched alkanes of at least 4 members (excludes halogenated alkanes) is 10. The first-order valence-corrected chi connectivity index (χ1v) is 16.2. The van der Waals surface area contributed by atoms with Crippen LogP contribution in [0, 0.1) is 28.6 Å². The van der Waals surface area contributed by atoms with Crippen molar-refractivity contribution in [2.75, 3.05) is 4.43 Å². The van der Waals surface area contributed by atoms with E-state index in [0.717, 1.165) is 23.2 Å². The van der Waals surface area contributed by atoms with E-state index in [0.29, 0.717) is 5.41 Å². The van der Waals surface area contributed by atoms with Gasteiger partial charge in [-0.3, -0.25) is 0 Å². The lowest BCUT2D eigenvalue weighted by molar-refractivity contribution is -0.0581. The van der Waals surface area contributed by atoms with Gasteiger partial charge in [0.15, 0.2) is 0 Å². The van der Waals surface area contributed by atoms with E-state index in [-0.39, 0.29) is 0 Å². The van der Waals surface area contributed by atoms with Crippen molar-refractivity contribution in [1.82, 2.24) is 0 Å². The van der Waals surface area contributed by atoms with Gasteiger partial charge in [0.25, 0.3) is 0 Å². The Labute approximate surface area is 215 Å². The van der Waals surface area contributed by atoms with E-state index in [4.69, 9.17) is 0 Å². The highest BCUT2D eigenvalue weighted by Crippen LogP contribution is 2.61. The Balaban J connectivity index is 1.19. The molecule has 4 saturated carbocycles. The van der Waals surface area contributed by atoms with Gasteiger partial charge in [-0.25, -0.2) is 0 Å². The van der Waals surface area contributed by atoms with Crippen LogP contribution < -0.4 is 0 Å². The fourth-order valence-corrected chi connectivity index (χ4v) is 8.58. The van der Waals surface area contributed by atoms with E-state index in [9.17, 15) is 0 Å². The summed E-state index contributed by atoms with van der Waals surface area (Å²) >= 11 is 2.50. The molecular weight excluding hydrogens is 499 g/mol. The van der Waals surface area contributed by atoms with E-state index in [1.54, 1.807) is 44.1 Å². The Morgan fingerprint density at radius 1 is 0.719 bits per heavy atom. The van der Waals surface area contributed by atoms with E-state index >= 15 is 0 Å². The van der Waals surface area contributed by atoms with Gasteiger partial charge in [-0.1, -0.05) is 113 Å². The van der Waals surface area contributed by atoms with Crippen molar-refractivity contribution < 1.29 is 0 Å². The van der Waals surface area contributed by atoms with Crippen LogP contribution in [0.1, 0.15) is 149 Å². The summed E-state index contributed by atoms with van der Waals surface area (Å²) in [7, 11) is 0. The summed E-state index contributed by atoms with van der Waals surface area (Å²) in [6, 6.07) is 0. The Kier molecular flexibility index (Phi) is 11.4. The second-order valence-electron chi connectivity index (χ2n) is 13.1. The van der Waals surface area contributed by atoms with Crippen LogP contribution in [0.2, 0.25) is 0 Å². The van der Waals surface area contributed by atoms with E-state index in [1.165, 1.54) is 101 Å². The second-order valence-corrected chi connectivity index (χ2v) is 14.2. The third-order valence-electron chi connectivity index (χ3n) is 9.74. The lowest BCUT2D eigenvalue weighted by atomic mass is 9.48. The van der Waals surface area contributed by atoms with Crippen molar-refractivity contribution in [3.05, 3.63) is 12.2 Å². The third-order valence-corrected chi connectivity index (χ3v) is 10.5. The molecule has 0 radical (unpaired) electrons. The summed E-state index contributed by atoms with van der Waals surface area (Å²) in [5.74, 6) is 3.31. The van der Waals surface area contributed by atoms with E-state index in [2.05, 4.69) is 43.0 Å². The predicted molar refractivity (Wildman–Crippen MR) is 152 cm³/mol. The number of hydrogen-bond donors (Lipinski definition) is 0. The molecule has 4 rings (SSSR count). The van der Waals surface area contributed by atoms with Crippen LogP contribution in [0.5, 0.6) is 0 Å². The van der Waals surface area contributed by atoms with Gasteiger partial charge in [0.1, 0.15) is 0 Å². The number of hydrogen-bond acceptors (Lipinski definition) is 0. The highest BCUT2D eigenvalue weighted by molar-refractivity contribution is 14.1. The van der Waals surface area contributed by atoms with Crippen molar-refractivity contribution in [2.24, 2.45) is 28.6 Å². The van der Waals surface area contributed by atoms with Crippen LogP contribution in [-0.2, 0) is 0 Å². The molecule has 0 heterocycles. The molecule has 4 fully saturated rings. The quantitative estimate of drug-likeness (QED) is 0.0684. The summed E-state index contributed by atoms with van der Waals surface area (Å²) in [5, 5.41) is 0. The van der Waals surface area contributed by atoms with Crippen LogP contribution >= 0.6 is 22.6 Å². The van der Waals surface area contributed by atoms with Gasteiger partial charge >= 0.3 is 0 Å². The molecule has 0 aromatic heterocycles. The van der Waals surface area contributed by atoms with Crippen molar-refractivity contribution in [2.45, 2.75) is 149 Å². The lowest BCUT2D eigenvalue weighted by Gasteiger charge is -2.57. The van der Waals surface area contributed by atoms with Gasteiger partial charge in [-0.05, 0) is 104 Å². The molecule has 4 aliphatic rings. The van der Waals surface area contributed by atoms with E-state index in [1.807, 2.05) is 0 Å². The molecule has 0 atom stereocenters. The third kappa shape index (κ3) is 8.60. The van der Waals surface area contributed by atoms with Gasteiger partial charge in [-0.15, -0.1) is 0 Å². The molecule has 4 bridgehead atoms. The lowest BCUT2D eigenvalue weighted by Crippen LogP contribution is -2.45. The largest absolute Gasteiger partial charge is 0.0993 e. The van der Waals surface area contributed by atoms with Gasteiger partial charge < -0.3 is 0 Å². The molecule has 0 spiro atoms. The van der Waals surface area contributed by atoms with Crippen molar-refractivity contribution in [1.29, 1.82) is 0 Å². The molecule has 0 N–H and O–H groups in total. The van der Waals surface area contributed by atoms with E-state index < -0.39 is 0 Å². The molecule has 4 aliphatic carbocycles. The van der Waals surface area contributed by atoms with Crippen LogP contribution in [0.15, 0.2) is 12.2 Å². The van der Waals surface area contributed by atoms with Crippen LogP contribution in [0.3, 0.4) is 0 Å². The summed E-state index contributed by atoms with van der Waals surface area (Å²) in [6.45, 7) is 9.53. The summed E-state index contributed by atoms with van der Waals surface area (Å²) in [4.78, 5) is 0. The minimum absolute atomic E-state index is 0.347. The Morgan fingerprint density at radius 3 is 1.62 bits per heavy atom. The normalized spacial score (nSPS) is 29.0. The van der Waals surface area contributed by atoms with Crippen LogP contribution in [-0.4, -0.2) is 4.43 Å². The Bertz CT molecular complexity index is 509.